The second-order valence-corrected chi connectivity index (χ2v) is 6.50. The van der Waals surface area contributed by atoms with E-state index in [1.54, 1.807) is 6.07 Å². The molecule has 6 heteroatoms. The fourth-order valence-electron chi connectivity index (χ4n) is 2.85. The largest absolute Gasteiger partial charge is 0.479 e. The Kier molecular flexibility index (Phi) is 6.69. The van der Waals surface area contributed by atoms with Crippen molar-refractivity contribution < 1.29 is 19.7 Å². The molecule has 1 atom stereocenters. The highest BCUT2D eigenvalue weighted by molar-refractivity contribution is 6.32. The Labute approximate surface area is 141 Å². The summed E-state index contributed by atoms with van der Waals surface area (Å²) >= 11 is 6.20. The fraction of sp³-hybridized carbons (Fsp3) is 0.588. The zero-order valence-electron chi connectivity index (χ0n) is 13.4. The quantitative estimate of drug-likeness (QED) is 0.798. The molecule has 1 saturated heterocycles. The van der Waals surface area contributed by atoms with Gasteiger partial charge in [-0.15, -0.1) is 0 Å². The van der Waals surface area contributed by atoms with Crippen molar-refractivity contribution in [2.75, 3.05) is 19.7 Å². The minimum atomic E-state index is -1.02. The normalized spacial score (nSPS) is 17.9. The summed E-state index contributed by atoms with van der Waals surface area (Å²) in [6, 6.07) is 5.50. The minimum absolute atomic E-state index is 0.274. The number of carboxylic acid groups (broad SMARTS) is 1. The third-order valence-corrected chi connectivity index (χ3v) is 4.59. The van der Waals surface area contributed by atoms with Crippen LogP contribution in [0.25, 0.3) is 0 Å². The lowest BCUT2D eigenvalue weighted by Crippen LogP contribution is -2.33. The number of aliphatic hydroxyl groups excluding tert-OH is 1. The number of piperidine rings is 1. The number of carbonyl (C=O) groups is 1. The van der Waals surface area contributed by atoms with E-state index < -0.39 is 12.1 Å². The van der Waals surface area contributed by atoms with Gasteiger partial charge in [0, 0.05) is 13.2 Å². The Morgan fingerprint density at radius 3 is 2.70 bits per heavy atom. The van der Waals surface area contributed by atoms with E-state index in [1.807, 2.05) is 12.1 Å². The van der Waals surface area contributed by atoms with Gasteiger partial charge < -0.3 is 14.9 Å². The highest BCUT2D eigenvalue weighted by Crippen LogP contribution is 2.28. The zero-order chi connectivity index (χ0) is 16.8. The predicted octanol–water partition coefficient (Wildman–Crippen LogP) is 2.79. The summed E-state index contributed by atoms with van der Waals surface area (Å²) < 4.78 is 5.32. The van der Waals surface area contributed by atoms with Crippen LogP contribution >= 0.6 is 11.6 Å². The smallest absolute Gasteiger partial charge is 0.344 e. The highest BCUT2D eigenvalue weighted by Gasteiger charge is 2.19. The van der Waals surface area contributed by atoms with Crippen LogP contribution in [-0.4, -0.2) is 46.9 Å². The molecule has 0 aromatic heterocycles. The maximum absolute atomic E-state index is 10.8. The monoisotopic (exact) mass is 341 g/mol. The molecule has 1 aliphatic rings. The number of likely N-dealkylation sites (tertiary alicyclic amines) is 1. The fourth-order valence-corrected chi connectivity index (χ4v) is 3.10. The molecule has 1 fully saturated rings. The molecule has 128 valence electrons. The van der Waals surface area contributed by atoms with Crippen molar-refractivity contribution in [3.8, 4) is 5.75 Å². The molecule has 2 N–H and O–H groups in total. The molecular weight excluding hydrogens is 318 g/mol. The number of aliphatic hydroxyl groups is 1. The predicted molar refractivity (Wildman–Crippen MR) is 88.9 cm³/mol. The van der Waals surface area contributed by atoms with Crippen LogP contribution in [0.1, 0.15) is 31.7 Å². The molecule has 1 aromatic rings. The summed E-state index contributed by atoms with van der Waals surface area (Å²) in [5.74, 6) is 0.0102. The van der Waals surface area contributed by atoms with Crippen molar-refractivity contribution in [1.29, 1.82) is 0 Å². The third-order valence-electron chi connectivity index (χ3n) is 4.30. The number of nitrogens with zero attached hydrogens (tertiary/aromatic N) is 1. The van der Waals surface area contributed by atoms with Crippen LogP contribution in [0.2, 0.25) is 5.02 Å². The number of halogens is 1. The number of benzene rings is 1. The summed E-state index contributed by atoms with van der Waals surface area (Å²) in [4.78, 5) is 13.2. The van der Waals surface area contributed by atoms with Crippen LogP contribution in [0.15, 0.2) is 18.2 Å². The van der Waals surface area contributed by atoms with Gasteiger partial charge in [-0.1, -0.05) is 17.7 Å². The summed E-state index contributed by atoms with van der Waals surface area (Å²) in [6.07, 6.45) is 2.20. The minimum Gasteiger partial charge on any atom is -0.479 e. The van der Waals surface area contributed by atoms with E-state index in [4.69, 9.17) is 26.6 Å². The van der Waals surface area contributed by atoms with Gasteiger partial charge in [0.1, 0.15) is 5.75 Å². The van der Waals surface area contributed by atoms with E-state index >= 15 is 0 Å². The Bertz CT molecular complexity index is 529. The maximum atomic E-state index is 10.8. The lowest BCUT2D eigenvalue weighted by molar-refractivity contribution is -0.144. The zero-order valence-corrected chi connectivity index (χ0v) is 14.1. The summed E-state index contributed by atoms with van der Waals surface area (Å²) in [5, 5.41) is 18.3. The number of rotatable bonds is 7. The van der Waals surface area contributed by atoms with E-state index in [0.717, 1.165) is 44.5 Å². The van der Waals surface area contributed by atoms with E-state index in [0.29, 0.717) is 16.7 Å². The van der Waals surface area contributed by atoms with Gasteiger partial charge in [-0.25, -0.2) is 4.79 Å². The number of hydrogen-bond acceptors (Lipinski definition) is 4. The standard InChI is InChI=1S/C17H24ClNO4/c1-12(17(21)22)23-16-3-2-14(10-15(16)18)11-19-7-4-13(5-8-19)6-9-20/h2-3,10,12-13,20H,4-9,11H2,1H3,(H,21,22). The van der Waals surface area contributed by atoms with Gasteiger partial charge in [-0.05, 0) is 62.9 Å². The molecular formula is C17H24ClNO4. The molecule has 5 nitrogen and oxygen atoms in total. The first kappa shape index (κ1) is 18.0. The molecule has 0 spiro atoms. The van der Waals surface area contributed by atoms with Gasteiger partial charge in [-0.2, -0.15) is 0 Å². The van der Waals surface area contributed by atoms with E-state index in [-0.39, 0.29) is 6.61 Å². The molecule has 0 bridgehead atoms. The molecule has 0 radical (unpaired) electrons. The number of hydrogen-bond donors (Lipinski definition) is 2. The number of aliphatic carboxylic acids is 1. The third kappa shape index (κ3) is 5.37. The van der Waals surface area contributed by atoms with Gasteiger partial charge in [0.05, 0.1) is 5.02 Å². The van der Waals surface area contributed by atoms with Gasteiger partial charge >= 0.3 is 5.97 Å². The van der Waals surface area contributed by atoms with Crippen molar-refractivity contribution in [3.05, 3.63) is 28.8 Å². The van der Waals surface area contributed by atoms with Crippen molar-refractivity contribution in [1.82, 2.24) is 4.90 Å². The van der Waals surface area contributed by atoms with Crippen LogP contribution in [0.3, 0.4) is 0 Å². The molecule has 1 unspecified atom stereocenters. The van der Waals surface area contributed by atoms with E-state index in [2.05, 4.69) is 4.90 Å². The molecule has 0 saturated carbocycles. The Hall–Kier alpha value is -1.30. The van der Waals surface area contributed by atoms with Crippen molar-refractivity contribution >= 4 is 17.6 Å². The first-order valence-corrected chi connectivity index (χ1v) is 8.38. The van der Waals surface area contributed by atoms with Crippen molar-refractivity contribution in [3.63, 3.8) is 0 Å². The van der Waals surface area contributed by atoms with Gasteiger partial charge in [0.15, 0.2) is 6.10 Å². The van der Waals surface area contributed by atoms with Gasteiger partial charge in [-0.3, -0.25) is 4.90 Å². The molecule has 1 aromatic carbocycles. The van der Waals surface area contributed by atoms with Gasteiger partial charge in [0.2, 0.25) is 0 Å². The van der Waals surface area contributed by atoms with Gasteiger partial charge in [0.25, 0.3) is 0 Å². The second-order valence-electron chi connectivity index (χ2n) is 6.09. The summed E-state index contributed by atoms with van der Waals surface area (Å²) in [6.45, 7) is 4.62. The lowest BCUT2D eigenvalue weighted by atomic mass is 9.94. The average Bonchev–Trinajstić information content (AvgIpc) is 2.52. The SMILES string of the molecule is CC(Oc1ccc(CN2CCC(CCO)CC2)cc1Cl)C(=O)O. The number of ether oxygens (including phenoxy) is 1. The Morgan fingerprint density at radius 2 is 2.13 bits per heavy atom. The molecule has 1 heterocycles. The maximum Gasteiger partial charge on any atom is 0.344 e. The van der Waals surface area contributed by atoms with Crippen LogP contribution in [0.5, 0.6) is 5.75 Å². The van der Waals surface area contributed by atoms with Crippen LogP contribution in [0, 0.1) is 5.92 Å². The Balaban J connectivity index is 1.90. The summed E-state index contributed by atoms with van der Waals surface area (Å²) in [7, 11) is 0. The number of carboxylic acids is 1. The molecule has 23 heavy (non-hydrogen) atoms. The van der Waals surface area contributed by atoms with Crippen LogP contribution in [0.4, 0.5) is 0 Å². The van der Waals surface area contributed by atoms with Crippen molar-refractivity contribution in [2.45, 2.75) is 38.8 Å². The molecule has 0 aliphatic carbocycles. The first-order chi connectivity index (χ1) is 11.0. The first-order valence-electron chi connectivity index (χ1n) is 8.00. The van der Waals surface area contributed by atoms with Crippen molar-refractivity contribution in [2.24, 2.45) is 5.92 Å². The topological polar surface area (TPSA) is 70.0 Å². The van der Waals surface area contributed by atoms with E-state index in [1.165, 1.54) is 6.92 Å². The average molecular weight is 342 g/mol. The van der Waals surface area contributed by atoms with Crippen LogP contribution < -0.4 is 4.74 Å². The van der Waals surface area contributed by atoms with E-state index in [9.17, 15) is 4.79 Å². The Morgan fingerprint density at radius 1 is 1.43 bits per heavy atom. The molecule has 0 amide bonds. The molecule has 1 aliphatic heterocycles. The second kappa shape index (κ2) is 8.52. The van der Waals surface area contributed by atoms with Crippen LogP contribution in [-0.2, 0) is 11.3 Å². The lowest BCUT2D eigenvalue weighted by Gasteiger charge is -2.31. The highest BCUT2D eigenvalue weighted by atomic mass is 35.5. The summed E-state index contributed by atoms with van der Waals surface area (Å²) in [5.41, 5.74) is 1.09. The molecule has 2 rings (SSSR count).